The van der Waals surface area contributed by atoms with E-state index in [-0.39, 0.29) is 35.5 Å². The number of aryl methyl sites for hydroxylation is 1. The summed E-state index contributed by atoms with van der Waals surface area (Å²) in [5.74, 6) is 7.56. The lowest BCUT2D eigenvalue weighted by molar-refractivity contribution is -0.146. The molecule has 0 aliphatic heterocycles. The number of methoxy groups -OCH3 is 1. The number of amides is 1. The van der Waals surface area contributed by atoms with Crippen LogP contribution in [-0.4, -0.2) is 91.4 Å². The molecule has 0 saturated heterocycles. The molecule has 28 heteroatoms. The smallest absolute Gasteiger partial charge is 0.308 e. The van der Waals surface area contributed by atoms with Gasteiger partial charge in [-0.3, -0.25) is 32.2 Å². The number of ether oxygens (including phenoxy) is 1. The summed E-state index contributed by atoms with van der Waals surface area (Å²) in [7, 11) is 1.45. The number of carbonyl (C=O) groups is 2. The molecule has 23 nitrogen and oxygen atoms in total. The molecule has 1 amide bonds. The molecule has 0 radical (unpaired) electrons. The van der Waals surface area contributed by atoms with Crippen molar-refractivity contribution in [2.75, 3.05) is 35.4 Å². The lowest BCUT2D eigenvalue weighted by atomic mass is 9.81. The number of H-pyrrole nitrogens is 2. The number of halogens is 3. The second kappa shape index (κ2) is 30.7. The van der Waals surface area contributed by atoms with Gasteiger partial charge in [0.1, 0.15) is 91.4 Å². The minimum atomic E-state index is -0.113. The van der Waals surface area contributed by atoms with Gasteiger partial charge >= 0.3 is 5.97 Å². The molecule has 11 N–H and O–H groups in total. The molecule has 21 rings (SSSR count). The minimum Gasteiger partial charge on any atom is -0.469 e. The van der Waals surface area contributed by atoms with Gasteiger partial charge in [0.05, 0.1) is 65.5 Å². The number of para-hydroxylation sites is 1. The van der Waals surface area contributed by atoms with Gasteiger partial charge in [0.2, 0.25) is 5.91 Å². The van der Waals surface area contributed by atoms with E-state index < -0.39 is 0 Å². The standard InChI is InChI=1S/C27H27N7O.C22H21ClN4O2S.C18H16BrN5.C18H15ClN4S/c1-16-10-11-29-15-22(16)32-27(35)18-8-6-17(7-9-18)26-33-23(24-25(28)30-12-13-34(24)26)21-14-19-4-2-3-5-20(19)31-21;1-29-22(28)13-7-5-12(6-8-13)21-26-17(18-20(24)25-9-10-27(18)21)16-11-14-3-2-4-15(23)19(14)30-16;19-12-5-2-6-13-11(12)9-14(22-13)15-16-17(20)21-7-8-24(16)18(23-15)10-3-1-4-10;19-12-6-2-5-11-9-13(24-16(11)12)14-15-17(20)21-7-8-23(15)18(22-14)10-3-1-4-10/h2-5,10-15,17-18,31H,6-9H2,1H3,(H2,28,30)(H,32,35);2-4,9-13H,5-8H2,1H3,(H2,24,25);2,5-10,22H,1,3-4H2,(H2,20,21);2,5-10H,1,3-4H2,(H2,20,21). The predicted octanol–water partition coefficient (Wildman–Crippen LogP) is 20.0. The molecular formula is C85H79BrCl2N20O3S2. The van der Waals surface area contributed by atoms with Crippen molar-refractivity contribution in [3.8, 4) is 43.9 Å². The van der Waals surface area contributed by atoms with Crippen LogP contribution in [-0.2, 0) is 14.3 Å². The zero-order valence-corrected chi connectivity index (χ0v) is 66.6. The number of carbonyl (C=O) groups excluding carboxylic acids is 2. The highest BCUT2D eigenvalue weighted by molar-refractivity contribution is 9.10. The Hall–Kier alpha value is -11.3. The monoisotopic (exact) mass is 1640 g/mol. The summed E-state index contributed by atoms with van der Waals surface area (Å²) in [5.41, 5.74) is 37.7. The van der Waals surface area contributed by atoms with Crippen molar-refractivity contribution in [2.24, 2.45) is 11.8 Å². The first-order valence-electron chi connectivity index (χ1n) is 38.1. The zero-order chi connectivity index (χ0) is 77.3. The van der Waals surface area contributed by atoms with E-state index >= 15 is 0 Å². The fraction of sp³-hybridized carbons (Fsp3) is 0.259. The van der Waals surface area contributed by atoms with Gasteiger partial charge in [0.25, 0.3) is 0 Å². The molecule has 4 aromatic carbocycles. The Kier molecular flexibility index (Phi) is 19.9. The number of esters is 1. The molecule has 13 heterocycles. The highest BCUT2D eigenvalue weighted by atomic mass is 79.9. The lowest BCUT2D eigenvalue weighted by Gasteiger charge is -2.27. The van der Waals surface area contributed by atoms with Crippen molar-refractivity contribution in [1.29, 1.82) is 0 Å². The van der Waals surface area contributed by atoms with Crippen molar-refractivity contribution in [1.82, 2.24) is 72.4 Å². The third kappa shape index (κ3) is 13.8. The average molecular weight is 1640 g/mol. The summed E-state index contributed by atoms with van der Waals surface area (Å²) in [6, 6.07) is 36.6. The number of anilines is 5. The zero-order valence-electron chi connectivity index (χ0n) is 61.8. The van der Waals surface area contributed by atoms with Crippen molar-refractivity contribution < 1.29 is 14.3 Å². The Labute approximate surface area is 674 Å². The third-order valence-electron chi connectivity index (χ3n) is 22.9. The van der Waals surface area contributed by atoms with Crippen LogP contribution in [0.15, 0.2) is 176 Å². The van der Waals surface area contributed by atoms with Crippen LogP contribution in [0.25, 0.3) is 108 Å². The third-order valence-corrected chi connectivity index (χ3v) is 26.8. The molecule has 4 fully saturated rings. The first-order chi connectivity index (χ1) is 55.1. The maximum atomic E-state index is 12.9. The predicted molar refractivity (Wildman–Crippen MR) is 456 cm³/mol. The number of nitrogen functional groups attached to an aromatic ring is 4. The second-order valence-electron chi connectivity index (χ2n) is 29.6. The van der Waals surface area contributed by atoms with Crippen molar-refractivity contribution in [2.45, 2.75) is 120 Å². The van der Waals surface area contributed by atoms with Gasteiger partial charge in [-0.25, -0.2) is 39.9 Å². The first-order valence-corrected chi connectivity index (χ1v) is 41.3. The molecule has 0 bridgehead atoms. The number of aromatic nitrogens is 15. The van der Waals surface area contributed by atoms with Gasteiger partial charge in [-0.05, 0) is 161 Å². The number of rotatable bonds is 11. The SMILES string of the molecule is COC(=O)C1CCC(c2nc(-c3cc4cccc(Cl)c4s3)c3c(N)nccn23)CC1.Cc1ccncc1NC(=O)C1CCC(c2nc(-c3cc4ccccc4[nH]3)c3c(N)nccn23)CC1.Nc1nccn2c(C3CCC3)nc(-c3cc4c(Br)cccc4[nH]3)c12.Nc1nccn2c(C3CCC3)nc(-c3cc4cccc(Cl)c4s3)c12. The number of aromatic amines is 2. The normalized spacial score (nSPS) is 17.2. The Morgan fingerprint density at radius 2 is 0.920 bits per heavy atom. The molecule has 17 aromatic rings. The van der Waals surface area contributed by atoms with Gasteiger partial charge in [0.15, 0.2) is 0 Å². The van der Waals surface area contributed by atoms with E-state index in [1.54, 1.807) is 59.9 Å². The van der Waals surface area contributed by atoms with E-state index in [1.165, 1.54) is 45.6 Å². The Morgan fingerprint density at radius 1 is 0.496 bits per heavy atom. The molecule has 4 aliphatic rings. The largest absolute Gasteiger partial charge is 0.469 e. The topological polar surface area (TPSA) is 325 Å². The average Bonchev–Trinajstić information content (AvgIpc) is 1.62. The summed E-state index contributed by atoms with van der Waals surface area (Å²) in [4.78, 5) is 75.3. The fourth-order valence-electron chi connectivity index (χ4n) is 16.5. The Morgan fingerprint density at radius 3 is 1.37 bits per heavy atom. The number of nitrogens with zero attached hydrogens (tertiary/aromatic N) is 13. The molecule has 4 aliphatic carbocycles. The minimum absolute atomic E-state index is 0.0167. The van der Waals surface area contributed by atoms with Crippen LogP contribution < -0.4 is 28.3 Å². The quantitative estimate of drug-likeness (QED) is 0.0592. The number of imidazole rings is 4. The number of nitrogens with two attached hydrogens (primary N) is 4. The number of hydrogen-bond donors (Lipinski definition) is 7. The van der Waals surface area contributed by atoms with E-state index in [9.17, 15) is 9.59 Å². The number of nitrogens with one attached hydrogen (secondary N) is 3. The van der Waals surface area contributed by atoms with Crippen LogP contribution in [0.3, 0.4) is 0 Å². The van der Waals surface area contributed by atoms with Gasteiger partial charge in [-0.1, -0.05) is 101 Å². The number of benzene rings is 4. The molecule has 0 atom stereocenters. The van der Waals surface area contributed by atoms with Crippen molar-refractivity contribution in [3.05, 3.63) is 215 Å². The fourth-order valence-corrected chi connectivity index (χ4v) is 19.7. The van der Waals surface area contributed by atoms with Crippen LogP contribution in [0.1, 0.15) is 142 Å². The maximum Gasteiger partial charge on any atom is 0.308 e. The summed E-state index contributed by atoms with van der Waals surface area (Å²) in [6.45, 7) is 1.98. The highest BCUT2D eigenvalue weighted by Gasteiger charge is 2.35. The van der Waals surface area contributed by atoms with Gasteiger partial charge in [0, 0.05) is 112 Å². The first kappa shape index (κ1) is 73.2. The molecule has 113 heavy (non-hydrogen) atoms. The van der Waals surface area contributed by atoms with Crippen LogP contribution in [0.5, 0.6) is 0 Å². The summed E-state index contributed by atoms with van der Waals surface area (Å²) in [5, 5.41) is 9.06. The van der Waals surface area contributed by atoms with E-state index in [1.807, 2.05) is 86.3 Å². The Balaban J connectivity index is 0.000000106. The molecule has 0 spiro atoms. The van der Waals surface area contributed by atoms with Crippen LogP contribution in [0.4, 0.5) is 29.0 Å². The van der Waals surface area contributed by atoms with Gasteiger partial charge < -0.3 is 43.0 Å². The van der Waals surface area contributed by atoms with Gasteiger partial charge in [-0.15, -0.1) is 22.7 Å². The maximum absolute atomic E-state index is 12.9. The van der Waals surface area contributed by atoms with E-state index in [2.05, 4.69) is 128 Å². The van der Waals surface area contributed by atoms with Crippen LogP contribution in [0.2, 0.25) is 10.0 Å². The highest BCUT2D eigenvalue weighted by Crippen LogP contribution is 2.47. The van der Waals surface area contributed by atoms with Gasteiger partial charge in [-0.2, -0.15) is 0 Å². The number of fused-ring (bicyclic) bond motifs is 8. The van der Waals surface area contributed by atoms with Crippen molar-refractivity contribution >= 4 is 167 Å². The van der Waals surface area contributed by atoms with E-state index in [4.69, 9.17) is 70.8 Å². The number of thiophene rings is 2. The summed E-state index contributed by atoms with van der Waals surface area (Å²) in [6.07, 6.45) is 32.3. The molecular weight excluding hydrogens is 1560 g/mol. The number of hydrogen-bond acceptors (Lipinski definition) is 18. The van der Waals surface area contributed by atoms with Crippen LogP contribution in [0, 0.1) is 18.8 Å². The van der Waals surface area contributed by atoms with Crippen molar-refractivity contribution in [3.63, 3.8) is 0 Å². The molecule has 13 aromatic heterocycles. The van der Waals surface area contributed by atoms with E-state index in [0.717, 1.165) is 208 Å². The molecule has 4 saturated carbocycles. The summed E-state index contributed by atoms with van der Waals surface area (Å²) < 4.78 is 16.5. The second-order valence-corrected chi connectivity index (χ2v) is 33.4. The summed E-state index contributed by atoms with van der Waals surface area (Å²) >= 11 is 19.6. The van der Waals surface area contributed by atoms with Crippen LogP contribution >= 0.6 is 61.8 Å². The lowest BCUT2D eigenvalue weighted by Crippen LogP contribution is -2.27. The number of pyridine rings is 1. The molecule has 0 unspecified atom stereocenters. The Bertz CT molecular complexity index is 6300. The van der Waals surface area contributed by atoms with E-state index in [0.29, 0.717) is 35.1 Å². The molecule has 570 valence electrons.